The van der Waals surface area contributed by atoms with Crippen LogP contribution in [0.5, 0.6) is 0 Å². The maximum Gasteiger partial charge on any atom is 0.248 e. The van der Waals surface area contributed by atoms with Crippen LogP contribution in [0.25, 0.3) is 0 Å². The third kappa shape index (κ3) is 3.14. The maximum absolute atomic E-state index is 12.3. The Morgan fingerprint density at radius 1 is 1.55 bits per heavy atom. The first-order chi connectivity index (χ1) is 10.6. The second-order valence-electron chi connectivity index (χ2n) is 6.01. The minimum atomic E-state index is -0.00664. The summed E-state index contributed by atoms with van der Waals surface area (Å²) in [7, 11) is 1.80. The van der Waals surface area contributed by atoms with Crippen LogP contribution in [0.15, 0.2) is 12.4 Å². The van der Waals surface area contributed by atoms with E-state index < -0.39 is 0 Å². The van der Waals surface area contributed by atoms with E-state index in [1.54, 1.807) is 18.1 Å². The number of amides is 2. The number of ether oxygens (including phenoxy) is 1. The van der Waals surface area contributed by atoms with Gasteiger partial charge < -0.3 is 14.5 Å². The van der Waals surface area contributed by atoms with Gasteiger partial charge in [0.2, 0.25) is 11.8 Å². The van der Waals surface area contributed by atoms with Crippen LogP contribution in [0.2, 0.25) is 0 Å². The number of hydrogen-bond acceptors (Lipinski definition) is 4. The van der Waals surface area contributed by atoms with Crippen molar-refractivity contribution >= 4 is 11.8 Å². The average molecular weight is 306 g/mol. The molecule has 0 spiro atoms. The van der Waals surface area contributed by atoms with Gasteiger partial charge in [0, 0.05) is 32.8 Å². The third-order valence-corrected chi connectivity index (χ3v) is 4.60. The number of carbonyl (C=O) groups excluding carboxylic acids is 2. The Balaban J connectivity index is 1.49. The van der Waals surface area contributed by atoms with Crippen molar-refractivity contribution in [3.8, 4) is 0 Å². The first kappa shape index (κ1) is 15.0. The molecule has 0 saturated carbocycles. The number of likely N-dealkylation sites (tertiary alicyclic amines) is 1. The number of likely N-dealkylation sites (N-methyl/N-ethyl adjacent to an activating group) is 1. The average Bonchev–Trinajstić information content (AvgIpc) is 3.04. The Morgan fingerprint density at radius 3 is 3.18 bits per heavy atom. The van der Waals surface area contributed by atoms with Crippen LogP contribution in [0, 0.1) is 0 Å². The van der Waals surface area contributed by atoms with Crippen molar-refractivity contribution in [3.63, 3.8) is 0 Å². The number of nitrogens with zero attached hydrogens (tertiary/aromatic N) is 3. The molecule has 2 fully saturated rings. The zero-order valence-electron chi connectivity index (χ0n) is 12.8. The van der Waals surface area contributed by atoms with Gasteiger partial charge in [-0.15, -0.1) is 0 Å². The summed E-state index contributed by atoms with van der Waals surface area (Å²) in [4.78, 5) is 27.7. The molecule has 3 rings (SSSR count). The van der Waals surface area contributed by atoms with E-state index in [1.807, 2.05) is 11.1 Å². The highest BCUT2D eigenvalue weighted by atomic mass is 16.5. The summed E-state index contributed by atoms with van der Waals surface area (Å²) in [6.45, 7) is 1.46. The molecule has 0 aliphatic carbocycles. The molecule has 1 aromatic rings. The van der Waals surface area contributed by atoms with E-state index in [0.29, 0.717) is 19.5 Å². The molecule has 0 bridgehead atoms. The predicted octanol–water partition coefficient (Wildman–Crippen LogP) is 0.191. The molecule has 2 amide bonds. The third-order valence-electron chi connectivity index (χ3n) is 4.60. The summed E-state index contributed by atoms with van der Waals surface area (Å²) < 4.78 is 5.58. The van der Waals surface area contributed by atoms with Crippen LogP contribution in [0.3, 0.4) is 0 Å². The zero-order valence-corrected chi connectivity index (χ0v) is 12.8. The molecule has 120 valence electrons. The molecule has 22 heavy (non-hydrogen) atoms. The number of H-pyrrole nitrogens is 1. The van der Waals surface area contributed by atoms with Crippen molar-refractivity contribution in [1.82, 2.24) is 20.0 Å². The second kappa shape index (κ2) is 6.48. The summed E-state index contributed by atoms with van der Waals surface area (Å²) in [5.74, 6) is 0.156. The highest BCUT2D eigenvalue weighted by molar-refractivity contribution is 5.79. The molecule has 2 atom stereocenters. The van der Waals surface area contributed by atoms with E-state index >= 15 is 0 Å². The van der Waals surface area contributed by atoms with E-state index in [-0.39, 0.29) is 30.6 Å². The monoisotopic (exact) mass is 306 g/mol. The Morgan fingerprint density at radius 2 is 2.41 bits per heavy atom. The van der Waals surface area contributed by atoms with Gasteiger partial charge in [0.1, 0.15) is 6.61 Å². The predicted molar refractivity (Wildman–Crippen MR) is 79.0 cm³/mol. The van der Waals surface area contributed by atoms with Crippen molar-refractivity contribution in [2.45, 2.75) is 37.8 Å². The second-order valence-corrected chi connectivity index (χ2v) is 6.01. The van der Waals surface area contributed by atoms with Gasteiger partial charge in [0.05, 0.1) is 18.3 Å². The van der Waals surface area contributed by atoms with Crippen LogP contribution >= 0.6 is 0 Å². The summed E-state index contributed by atoms with van der Waals surface area (Å²) in [5, 5.41) is 6.67. The van der Waals surface area contributed by atoms with Gasteiger partial charge in [0.15, 0.2) is 0 Å². The van der Waals surface area contributed by atoms with Crippen LogP contribution in [0.1, 0.15) is 24.8 Å². The van der Waals surface area contributed by atoms with Crippen LogP contribution < -0.4 is 0 Å². The van der Waals surface area contributed by atoms with Gasteiger partial charge in [-0.2, -0.15) is 5.10 Å². The first-order valence-electron chi connectivity index (χ1n) is 7.78. The van der Waals surface area contributed by atoms with Crippen LogP contribution in [-0.4, -0.2) is 70.7 Å². The summed E-state index contributed by atoms with van der Waals surface area (Å²) in [6, 6.07) is -0.00664. The number of fused-ring (bicyclic) bond motifs is 1. The fraction of sp³-hybridized carbons (Fsp3) is 0.667. The topological polar surface area (TPSA) is 78.5 Å². The zero-order chi connectivity index (χ0) is 15.5. The first-order valence-corrected chi connectivity index (χ1v) is 7.78. The van der Waals surface area contributed by atoms with Crippen LogP contribution in [-0.2, 0) is 20.7 Å². The Kier molecular flexibility index (Phi) is 4.42. The number of nitrogens with one attached hydrogen (secondary N) is 1. The molecule has 7 heteroatoms. The summed E-state index contributed by atoms with van der Waals surface area (Å²) in [5.41, 5.74) is 1.12. The fourth-order valence-electron chi connectivity index (χ4n) is 3.18. The molecular weight excluding hydrogens is 284 g/mol. The standard InChI is InChI=1S/C15H22N4O3/c1-18-12-9-19(6-5-13(12)22-10-15(18)21)14(20)4-2-3-11-7-16-17-8-11/h7-8,12-13H,2-6,9-10H2,1H3,(H,16,17)/t12-,13-/m0/s1. The Hall–Kier alpha value is -1.89. The van der Waals surface area contributed by atoms with Gasteiger partial charge in [-0.3, -0.25) is 14.7 Å². The number of carbonyl (C=O) groups is 2. The van der Waals surface area contributed by atoms with Gasteiger partial charge >= 0.3 is 0 Å². The fourth-order valence-corrected chi connectivity index (χ4v) is 3.18. The highest BCUT2D eigenvalue weighted by Gasteiger charge is 2.39. The van der Waals surface area contributed by atoms with Gasteiger partial charge in [-0.25, -0.2) is 0 Å². The maximum atomic E-state index is 12.3. The summed E-state index contributed by atoms with van der Waals surface area (Å²) >= 11 is 0. The molecule has 2 saturated heterocycles. The number of rotatable bonds is 4. The van der Waals surface area contributed by atoms with E-state index in [2.05, 4.69) is 10.2 Å². The van der Waals surface area contributed by atoms with Gasteiger partial charge in [0.25, 0.3) is 0 Å². The molecule has 1 aromatic heterocycles. The molecule has 7 nitrogen and oxygen atoms in total. The van der Waals surface area contributed by atoms with Crippen molar-refractivity contribution in [1.29, 1.82) is 0 Å². The molecule has 1 N–H and O–H groups in total. The molecule has 0 unspecified atom stereocenters. The van der Waals surface area contributed by atoms with Crippen molar-refractivity contribution in [2.24, 2.45) is 0 Å². The number of aromatic amines is 1. The van der Waals surface area contributed by atoms with Crippen LogP contribution in [0.4, 0.5) is 0 Å². The quantitative estimate of drug-likeness (QED) is 0.861. The SMILES string of the molecule is CN1C(=O)CO[C@H]2CCN(C(=O)CCCc3cn[nH]c3)C[C@@H]21. The van der Waals surface area contributed by atoms with E-state index in [4.69, 9.17) is 4.74 Å². The minimum absolute atomic E-state index is 0.00416. The van der Waals surface area contributed by atoms with E-state index in [9.17, 15) is 9.59 Å². The Bertz CT molecular complexity index is 531. The normalized spacial score (nSPS) is 25.2. The lowest BCUT2D eigenvalue weighted by Gasteiger charge is -2.45. The molecule has 0 radical (unpaired) electrons. The van der Waals surface area contributed by atoms with Gasteiger partial charge in [-0.1, -0.05) is 0 Å². The summed E-state index contributed by atoms with van der Waals surface area (Å²) in [6.07, 6.45) is 6.71. The number of morpholine rings is 1. The molecule has 2 aliphatic heterocycles. The lowest BCUT2D eigenvalue weighted by molar-refractivity contribution is -0.163. The van der Waals surface area contributed by atoms with Gasteiger partial charge in [-0.05, 0) is 24.8 Å². The highest BCUT2D eigenvalue weighted by Crippen LogP contribution is 2.23. The smallest absolute Gasteiger partial charge is 0.248 e. The molecule has 3 heterocycles. The number of aromatic nitrogens is 2. The molecule has 2 aliphatic rings. The molecular formula is C15H22N4O3. The van der Waals surface area contributed by atoms with Crippen molar-refractivity contribution in [2.75, 3.05) is 26.7 Å². The van der Waals surface area contributed by atoms with E-state index in [0.717, 1.165) is 24.8 Å². The Labute approximate surface area is 129 Å². The van der Waals surface area contributed by atoms with E-state index in [1.165, 1.54) is 0 Å². The van der Waals surface area contributed by atoms with Crippen molar-refractivity contribution in [3.05, 3.63) is 18.0 Å². The molecule has 0 aromatic carbocycles. The number of hydrogen-bond donors (Lipinski definition) is 1. The lowest BCUT2D eigenvalue weighted by Crippen LogP contribution is -2.61. The lowest BCUT2D eigenvalue weighted by atomic mass is 9.98. The number of aryl methyl sites for hydroxylation is 1. The number of piperidine rings is 1. The largest absolute Gasteiger partial charge is 0.366 e. The van der Waals surface area contributed by atoms with Crippen molar-refractivity contribution < 1.29 is 14.3 Å². The minimum Gasteiger partial charge on any atom is -0.366 e.